The third-order valence-corrected chi connectivity index (χ3v) is 6.66. The summed E-state index contributed by atoms with van der Waals surface area (Å²) in [6.45, 7) is 4.40. The molecule has 33 heavy (non-hydrogen) atoms. The molecule has 0 aliphatic heterocycles. The van der Waals surface area contributed by atoms with Crippen molar-refractivity contribution in [2.75, 3.05) is 6.61 Å². The van der Waals surface area contributed by atoms with Crippen LogP contribution in [0.25, 0.3) is 0 Å². The van der Waals surface area contributed by atoms with Crippen LogP contribution in [0, 0.1) is 5.92 Å². The van der Waals surface area contributed by atoms with Crippen LogP contribution >= 0.6 is 0 Å². The second-order valence-corrected chi connectivity index (χ2v) is 10.5. The fourth-order valence-corrected chi connectivity index (χ4v) is 4.49. The van der Waals surface area contributed by atoms with Crippen molar-refractivity contribution < 1.29 is 68.5 Å². The Morgan fingerprint density at radius 1 is 0.667 bits per heavy atom. The molecule has 4 nitrogen and oxygen atoms in total. The standard InChI is InChI=1S/C27H54O4S.K/c1-3-5-7-9-10-11-12-13-14-15-16-17-18-19-20-21-23-25-27(24-22-8-6-4-2)26-31-32(28,29)30;/h22,24,27H,3-21,23,25-26H2,1-2H3,(H,28,29,30);/q;+1/p-1/b24-22+;. The quantitative estimate of drug-likeness (QED) is 0.0504. The van der Waals surface area contributed by atoms with Gasteiger partial charge in [-0.15, -0.1) is 0 Å². The van der Waals surface area contributed by atoms with Gasteiger partial charge in [0.15, 0.2) is 0 Å². The Labute approximate surface area is 249 Å². The van der Waals surface area contributed by atoms with E-state index < -0.39 is 10.4 Å². The Hall–Kier alpha value is 1.25. The molecule has 0 saturated carbocycles. The van der Waals surface area contributed by atoms with Crippen LogP contribution in [0.15, 0.2) is 12.2 Å². The first kappa shape index (κ1) is 36.4. The Morgan fingerprint density at radius 3 is 1.45 bits per heavy atom. The van der Waals surface area contributed by atoms with Gasteiger partial charge in [-0.1, -0.05) is 148 Å². The smallest absolute Gasteiger partial charge is 0.726 e. The van der Waals surface area contributed by atoms with E-state index in [0.717, 1.165) is 32.1 Å². The molecule has 0 radical (unpaired) electrons. The number of allylic oxidation sites excluding steroid dienone is 1. The zero-order valence-corrected chi connectivity index (χ0v) is 26.3. The molecule has 192 valence electrons. The van der Waals surface area contributed by atoms with E-state index in [1.165, 1.54) is 103 Å². The fourth-order valence-electron chi connectivity index (χ4n) is 4.15. The van der Waals surface area contributed by atoms with Crippen LogP contribution in [-0.4, -0.2) is 19.6 Å². The van der Waals surface area contributed by atoms with E-state index in [4.69, 9.17) is 0 Å². The molecule has 0 N–H and O–H groups in total. The van der Waals surface area contributed by atoms with E-state index in [0.29, 0.717) is 0 Å². The summed E-state index contributed by atoms with van der Waals surface area (Å²) >= 11 is 0. The molecule has 0 heterocycles. The van der Waals surface area contributed by atoms with Gasteiger partial charge in [0.2, 0.25) is 10.4 Å². The van der Waals surface area contributed by atoms with E-state index in [-0.39, 0.29) is 63.9 Å². The molecule has 0 aromatic heterocycles. The third kappa shape index (κ3) is 31.2. The van der Waals surface area contributed by atoms with Gasteiger partial charge in [0.05, 0.1) is 6.61 Å². The summed E-state index contributed by atoms with van der Waals surface area (Å²) in [6.07, 6.45) is 31.2. The van der Waals surface area contributed by atoms with Crippen LogP contribution in [0.1, 0.15) is 149 Å². The van der Waals surface area contributed by atoms with Gasteiger partial charge in [-0.05, 0) is 12.8 Å². The second kappa shape index (κ2) is 27.8. The zero-order valence-electron chi connectivity index (χ0n) is 22.3. The van der Waals surface area contributed by atoms with Crippen molar-refractivity contribution in [2.24, 2.45) is 5.92 Å². The molecular weight excluding hydrogens is 459 g/mol. The fraction of sp³-hybridized carbons (Fsp3) is 0.926. The number of rotatable bonds is 25. The summed E-state index contributed by atoms with van der Waals surface area (Å²) in [6, 6.07) is 0. The molecule has 1 atom stereocenters. The number of hydrogen-bond acceptors (Lipinski definition) is 4. The molecule has 6 heteroatoms. The van der Waals surface area contributed by atoms with Crippen LogP contribution < -0.4 is 51.4 Å². The van der Waals surface area contributed by atoms with Crippen LogP contribution in [-0.2, 0) is 14.6 Å². The molecule has 0 fully saturated rings. The number of hydrogen-bond donors (Lipinski definition) is 0. The molecule has 0 aliphatic rings. The van der Waals surface area contributed by atoms with Gasteiger partial charge in [0, 0.05) is 5.92 Å². The first-order chi connectivity index (χ1) is 15.5. The van der Waals surface area contributed by atoms with Crippen molar-refractivity contribution in [1.82, 2.24) is 0 Å². The van der Waals surface area contributed by atoms with E-state index in [2.05, 4.69) is 24.1 Å². The Kier molecular flexibility index (Phi) is 30.7. The van der Waals surface area contributed by atoms with Gasteiger partial charge in [-0.2, -0.15) is 0 Å². The SMILES string of the molecule is CCCC/C=C/C(CCCCCCCCCCCCCCCCCCC)COS(=O)(=O)[O-].[K+]. The van der Waals surface area contributed by atoms with Crippen molar-refractivity contribution in [1.29, 1.82) is 0 Å². The van der Waals surface area contributed by atoms with Crippen molar-refractivity contribution in [2.45, 2.75) is 149 Å². The average Bonchev–Trinajstić information content (AvgIpc) is 2.75. The van der Waals surface area contributed by atoms with Gasteiger partial charge >= 0.3 is 51.4 Å². The summed E-state index contributed by atoms with van der Waals surface area (Å²) in [7, 11) is -4.60. The van der Waals surface area contributed by atoms with Crippen molar-refractivity contribution in [3.05, 3.63) is 12.2 Å². The van der Waals surface area contributed by atoms with Gasteiger partial charge in [-0.3, -0.25) is 4.18 Å². The van der Waals surface area contributed by atoms with Crippen molar-refractivity contribution in [3.63, 3.8) is 0 Å². The maximum absolute atomic E-state index is 10.7. The molecule has 0 amide bonds. The van der Waals surface area contributed by atoms with E-state index in [1.54, 1.807) is 0 Å². The molecular formula is C27H53KO4S. The van der Waals surface area contributed by atoms with Gasteiger partial charge in [0.25, 0.3) is 0 Å². The first-order valence-corrected chi connectivity index (χ1v) is 15.1. The summed E-state index contributed by atoms with van der Waals surface area (Å²) in [5, 5.41) is 0. The third-order valence-electron chi connectivity index (χ3n) is 6.24. The topological polar surface area (TPSA) is 66.4 Å². The van der Waals surface area contributed by atoms with Crippen molar-refractivity contribution in [3.8, 4) is 0 Å². The van der Waals surface area contributed by atoms with Gasteiger partial charge in [0.1, 0.15) is 0 Å². The molecule has 0 rings (SSSR count). The second-order valence-electron chi connectivity index (χ2n) is 9.47. The summed E-state index contributed by atoms with van der Waals surface area (Å²) in [4.78, 5) is 0. The maximum atomic E-state index is 10.7. The monoisotopic (exact) mass is 512 g/mol. The molecule has 0 bridgehead atoms. The van der Waals surface area contributed by atoms with Gasteiger partial charge < -0.3 is 4.55 Å². The summed E-state index contributed by atoms with van der Waals surface area (Å²) in [5.74, 6) is 0.0203. The Balaban J connectivity index is 0. The molecule has 0 saturated heterocycles. The Morgan fingerprint density at radius 2 is 1.06 bits per heavy atom. The molecule has 0 aromatic rings. The Bertz CT molecular complexity index is 508. The zero-order chi connectivity index (χ0) is 23.8. The average molecular weight is 513 g/mol. The number of unbranched alkanes of at least 4 members (excludes halogenated alkanes) is 18. The van der Waals surface area contributed by atoms with Gasteiger partial charge in [-0.25, -0.2) is 8.42 Å². The molecule has 0 aliphatic carbocycles. The van der Waals surface area contributed by atoms with Crippen LogP contribution in [0.3, 0.4) is 0 Å². The minimum absolute atomic E-state index is 0. The van der Waals surface area contributed by atoms with Crippen LogP contribution in [0.5, 0.6) is 0 Å². The first-order valence-electron chi connectivity index (χ1n) is 13.8. The minimum atomic E-state index is -4.60. The molecule has 1 unspecified atom stereocenters. The van der Waals surface area contributed by atoms with Crippen LogP contribution in [0.2, 0.25) is 0 Å². The normalized spacial score (nSPS) is 12.8. The van der Waals surface area contributed by atoms with Crippen LogP contribution in [0.4, 0.5) is 0 Å². The molecule has 0 spiro atoms. The summed E-state index contributed by atoms with van der Waals surface area (Å²) in [5.41, 5.74) is 0. The molecule has 0 aromatic carbocycles. The predicted octanol–water partition coefficient (Wildman–Crippen LogP) is 5.87. The van der Waals surface area contributed by atoms with Crippen molar-refractivity contribution >= 4 is 10.4 Å². The largest absolute Gasteiger partial charge is 1.00 e. The van der Waals surface area contributed by atoms with E-state index in [1.807, 2.05) is 6.08 Å². The van der Waals surface area contributed by atoms with E-state index in [9.17, 15) is 13.0 Å². The summed E-state index contributed by atoms with van der Waals surface area (Å²) < 4.78 is 36.7. The maximum Gasteiger partial charge on any atom is 1.00 e. The minimum Gasteiger partial charge on any atom is -0.726 e. The predicted molar refractivity (Wildman–Crippen MR) is 137 cm³/mol. The van der Waals surface area contributed by atoms with E-state index >= 15 is 0 Å².